The highest BCUT2D eigenvalue weighted by molar-refractivity contribution is 6.03. The molecular weight excluding hydrogens is 382 g/mol. The molecule has 1 atom stereocenters. The zero-order chi connectivity index (χ0) is 21.1. The van der Waals surface area contributed by atoms with Crippen LogP contribution in [0.5, 0.6) is 11.5 Å². The van der Waals surface area contributed by atoms with Crippen molar-refractivity contribution in [1.29, 1.82) is 0 Å². The molecule has 0 spiro atoms. The number of nitrogens with zero attached hydrogens (tertiary/aromatic N) is 2. The number of benzene rings is 2. The average Bonchev–Trinajstić information content (AvgIpc) is 2.78. The third-order valence-corrected chi connectivity index (χ3v) is 5.18. The van der Waals surface area contributed by atoms with E-state index in [2.05, 4.69) is 15.3 Å². The number of anilines is 1. The summed E-state index contributed by atoms with van der Waals surface area (Å²) in [5.41, 5.74) is 2.55. The lowest BCUT2D eigenvalue weighted by molar-refractivity contribution is 0.0962. The Labute approximate surface area is 174 Å². The van der Waals surface area contributed by atoms with Gasteiger partial charge in [0.1, 0.15) is 11.5 Å². The van der Waals surface area contributed by atoms with Gasteiger partial charge in [-0.1, -0.05) is 24.3 Å². The molecule has 0 saturated heterocycles. The zero-order valence-electron chi connectivity index (χ0n) is 16.7. The first kappa shape index (κ1) is 19.6. The minimum Gasteiger partial charge on any atom is -0.497 e. The van der Waals surface area contributed by atoms with E-state index in [0.29, 0.717) is 41.2 Å². The summed E-state index contributed by atoms with van der Waals surface area (Å²) in [7, 11) is 3.19. The Kier molecular flexibility index (Phi) is 5.43. The fourth-order valence-electron chi connectivity index (χ4n) is 3.64. The van der Waals surface area contributed by atoms with Crippen LogP contribution in [0, 0.1) is 0 Å². The summed E-state index contributed by atoms with van der Waals surface area (Å²) in [5.74, 6) is 1.12. The summed E-state index contributed by atoms with van der Waals surface area (Å²) in [5, 5.41) is 2.70. The van der Waals surface area contributed by atoms with E-state index in [1.807, 2.05) is 18.2 Å². The predicted octanol–water partition coefficient (Wildman–Crippen LogP) is 3.66. The Morgan fingerprint density at radius 3 is 2.60 bits per heavy atom. The Bertz CT molecular complexity index is 1100. The van der Waals surface area contributed by atoms with Crippen LogP contribution in [0.1, 0.15) is 44.3 Å². The van der Waals surface area contributed by atoms with Crippen molar-refractivity contribution >= 4 is 17.6 Å². The zero-order valence-corrected chi connectivity index (χ0v) is 16.7. The summed E-state index contributed by atoms with van der Waals surface area (Å²) >= 11 is 0. The third-order valence-electron chi connectivity index (χ3n) is 5.18. The molecule has 4 rings (SSSR count). The second-order valence-electron chi connectivity index (χ2n) is 7.01. The SMILES string of the molecule is COc1ccc([C@@H]2CC(=O)c3cnc(NC(=O)c4ccccc4)nc3C2)c(OC)c1. The van der Waals surface area contributed by atoms with Gasteiger partial charge in [0.25, 0.3) is 5.91 Å². The number of aromatic nitrogens is 2. The van der Waals surface area contributed by atoms with Gasteiger partial charge in [0.05, 0.1) is 25.5 Å². The highest BCUT2D eigenvalue weighted by atomic mass is 16.5. The van der Waals surface area contributed by atoms with Gasteiger partial charge in [-0.3, -0.25) is 14.9 Å². The van der Waals surface area contributed by atoms with Crippen LogP contribution in [0.15, 0.2) is 54.7 Å². The average molecular weight is 403 g/mol. The molecule has 0 bridgehead atoms. The Morgan fingerprint density at radius 1 is 1.07 bits per heavy atom. The van der Waals surface area contributed by atoms with Crippen molar-refractivity contribution in [3.8, 4) is 11.5 Å². The van der Waals surface area contributed by atoms with Crippen LogP contribution in [0.2, 0.25) is 0 Å². The van der Waals surface area contributed by atoms with Crippen LogP contribution in [-0.4, -0.2) is 35.9 Å². The molecule has 1 aliphatic rings. The molecule has 0 unspecified atom stereocenters. The molecule has 152 valence electrons. The van der Waals surface area contributed by atoms with E-state index in [1.165, 1.54) is 6.20 Å². The molecule has 7 nitrogen and oxygen atoms in total. The van der Waals surface area contributed by atoms with Crippen molar-refractivity contribution in [2.45, 2.75) is 18.8 Å². The molecule has 1 aromatic heterocycles. The third kappa shape index (κ3) is 3.87. The van der Waals surface area contributed by atoms with Crippen LogP contribution in [-0.2, 0) is 6.42 Å². The minimum absolute atomic E-state index is 0.0277. The number of Topliss-reactive ketones (excluding diaryl/α,β-unsaturated/α-hetero) is 1. The number of fused-ring (bicyclic) bond motifs is 1. The van der Waals surface area contributed by atoms with E-state index < -0.39 is 0 Å². The van der Waals surface area contributed by atoms with Crippen molar-refractivity contribution in [3.05, 3.63) is 77.1 Å². The molecule has 0 aliphatic heterocycles. The predicted molar refractivity (Wildman–Crippen MR) is 111 cm³/mol. The topological polar surface area (TPSA) is 90.4 Å². The maximum absolute atomic E-state index is 12.7. The first-order valence-electron chi connectivity index (χ1n) is 9.56. The molecule has 1 N–H and O–H groups in total. The van der Waals surface area contributed by atoms with Crippen LogP contribution >= 0.6 is 0 Å². The van der Waals surface area contributed by atoms with E-state index in [9.17, 15) is 9.59 Å². The fraction of sp³-hybridized carbons (Fsp3) is 0.217. The monoisotopic (exact) mass is 403 g/mol. The summed E-state index contributed by atoms with van der Waals surface area (Å²) < 4.78 is 10.8. The van der Waals surface area contributed by atoms with Gasteiger partial charge in [0.2, 0.25) is 5.95 Å². The normalized spacial score (nSPS) is 15.3. The Hall–Kier alpha value is -3.74. The Morgan fingerprint density at radius 2 is 1.87 bits per heavy atom. The molecule has 7 heteroatoms. The molecule has 0 fully saturated rings. The van der Waals surface area contributed by atoms with Gasteiger partial charge in [-0.15, -0.1) is 0 Å². The number of amides is 1. The first-order valence-corrected chi connectivity index (χ1v) is 9.56. The highest BCUT2D eigenvalue weighted by Crippen LogP contribution is 2.38. The molecule has 3 aromatic rings. The number of hydrogen-bond donors (Lipinski definition) is 1. The van der Waals surface area contributed by atoms with Crippen LogP contribution in [0.3, 0.4) is 0 Å². The molecule has 0 saturated carbocycles. The standard InChI is InChI=1S/C23H21N3O4/c1-29-16-8-9-17(21(12-16)30-2)15-10-19-18(20(27)11-15)13-24-23(25-19)26-22(28)14-6-4-3-5-7-14/h3-9,12-13,15H,10-11H2,1-2H3,(H,24,25,26,28)/t15-/m0/s1. The molecule has 0 radical (unpaired) electrons. The lowest BCUT2D eigenvalue weighted by Gasteiger charge is -2.25. The largest absolute Gasteiger partial charge is 0.497 e. The number of ketones is 1. The van der Waals surface area contributed by atoms with Gasteiger partial charge in [-0.25, -0.2) is 9.97 Å². The molecule has 2 aromatic carbocycles. The number of nitrogens with one attached hydrogen (secondary N) is 1. The van der Waals surface area contributed by atoms with Gasteiger partial charge < -0.3 is 9.47 Å². The van der Waals surface area contributed by atoms with Crippen molar-refractivity contribution in [3.63, 3.8) is 0 Å². The maximum Gasteiger partial charge on any atom is 0.258 e. The smallest absolute Gasteiger partial charge is 0.258 e. The Balaban J connectivity index is 1.60. The second kappa shape index (κ2) is 8.32. The van der Waals surface area contributed by atoms with Crippen molar-refractivity contribution in [2.24, 2.45) is 0 Å². The lowest BCUT2D eigenvalue weighted by atomic mass is 9.82. The van der Waals surface area contributed by atoms with E-state index >= 15 is 0 Å². The van der Waals surface area contributed by atoms with Crippen LogP contribution < -0.4 is 14.8 Å². The molecule has 1 aliphatic carbocycles. The fourth-order valence-corrected chi connectivity index (χ4v) is 3.64. The maximum atomic E-state index is 12.7. The van der Waals surface area contributed by atoms with Crippen LogP contribution in [0.25, 0.3) is 0 Å². The summed E-state index contributed by atoms with van der Waals surface area (Å²) in [6.07, 6.45) is 2.38. The summed E-state index contributed by atoms with van der Waals surface area (Å²) in [6.45, 7) is 0. The van der Waals surface area contributed by atoms with Crippen molar-refractivity contribution in [1.82, 2.24) is 9.97 Å². The van der Waals surface area contributed by atoms with Gasteiger partial charge in [0, 0.05) is 30.2 Å². The summed E-state index contributed by atoms with van der Waals surface area (Å²) in [4.78, 5) is 33.7. The highest BCUT2D eigenvalue weighted by Gasteiger charge is 2.30. The summed E-state index contributed by atoms with van der Waals surface area (Å²) in [6, 6.07) is 14.4. The molecule has 1 heterocycles. The van der Waals surface area contributed by atoms with E-state index in [1.54, 1.807) is 44.6 Å². The molecular formula is C23H21N3O4. The number of ether oxygens (including phenoxy) is 2. The lowest BCUT2D eigenvalue weighted by Crippen LogP contribution is -2.22. The number of hydrogen-bond acceptors (Lipinski definition) is 6. The molecule has 1 amide bonds. The van der Waals surface area contributed by atoms with Crippen LogP contribution in [0.4, 0.5) is 5.95 Å². The van der Waals surface area contributed by atoms with Gasteiger partial charge >= 0.3 is 0 Å². The number of rotatable bonds is 5. The minimum atomic E-state index is -0.300. The first-order chi connectivity index (χ1) is 14.6. The van der Waals surface area contributed by atoms with E-state index in [4.69, 9.17) is 9.47 Å². The quantitative estimate of drug-likeness (QED) is 0.699. The van der Waals surface area contributed by atoms with Gasteiger partial charge in [-0.05, 0) is 30.2 Å². The number of carbonyl (C=O) groups is 2. The second-order valence-corrected chi connectivity index (χ2v) is 7.01. The van der Waals surface area contributed by atoms with Gasteiger partial charge in [-0.2, -0.15) is 0 Å². The molecule has 30 heavy (non-hydrogen) atoms. The van der Waals surface area contributed by atoms with E-state index in [0.717, 1.165) is 5.56 Å². The van der Waals surface area contributed by atoms with Crippen molar-refractivity contribution < 1.29 is 19.1 Å². The van der Waals surface area contributed by atoms with E-state index in [-0.39, 0.29) is 23.6 Å². The number of carbonyl (C=O) groups excluding carboxylic acids is 2. The number of methoxy groups -OCH3 is 2. The van der Waals surface area contributed by atoms with Crippen molar-refractivity contribution in [2.75, 3.05) is 19.5 Å². The van der Waals surface area contributed by atoms with Gasteiger partial charge in [0.15, 0.2) is 5.78 Å².